The van der Waals surface area contributed by atoms with Crippen LogP contribution in [-0.2, 0) is 17.8 Å². The molecule has 5 aromatic rings. The zero-order valence-corrected chi connectivity index (χ0v) is 18.4. The molecule has 1 aromatic heterocycles. The van der Waals surface area contributed by atoms with Gasteiger partial charge in [0.1, 0.15) is 23.9 Å². The zero-order valence-electron chi connectivity index (χ0n) is 18.4. The number of carboxylic acids is 1. The second-order valence-electron chi connectivity index (χ2n) is 7.94. The van der Waals surface area contributed by atoms with Crippen molar-refractivity contribution in [3.63, 3.8) is 0 Å². The van der Waals surface area contributed by atoms with Crippen molar-refractivity contribution in [2.24, 2.45) is 0 Å². The van der Waals surface area contributed by atoms with E-state index in [-0.39, 0.29) is 6.42 Å². The Hall–Kier alpha value is -4.51. The highest BCUT2D eigenvalue weighted by molar-refractivity contribution is 5.95. The average Bonchev–Trinajstić information content (AvgIpc) is 3.21. The number of carboxylic acid groups (broad SMARTS) is 1. The van der Waals surface area contributed by atoms with Gasteiger partial charge in [-0.2, -0.15) is 0 Å². The fraction of sp³-hybridized carbons (Fsp3) is 0.0690. The van der Waals surface area contributed by atoms with E-state index >= 15 is 0 Å². The van der Waals surface area contributed by atoms with Gasteiger partial charge < -0.3 is 19.6 Å². The topological polar surface area (TPSA) is 71.5 Å². The van der Waals surface area contributed by atoms with E-state index in [9.17, 15) is 9.90 Å². The lowest BCUT2D eigenvalue weighted by molar-refractivity contribution is -0.136. The summed E-state index contributed by atoms with van der Waals surface area (Å²) in [6.07, 6.45) is -0.128. The third-order valence-electron chi connectivity index (χ3n) is 5.58. The van der Waals surface area contributed by atoms with Crippen molar-refractivity contribution in [1.82, 2.24) is 4.98 Å². The third-order valence-corrected chi connectivity index (χ3v) is 5.58. The van der Waals surface area contributed by atoms with E-state index in [1.807, 2.05) is 103 Å². The lowest BCUT2D eigenvalue weighted by atomic mass is 10.0. The number of carbonyl (C=O) groups is 1. The highest BCUT2D eigenvalue weighted by atomic mass is 16.5. The van der Waals surface area contributed by atoms with Gasteiger partial charge in [0.05, 0.1) is 12.1 Å². The standard InChI is InChI=1S/C29H23NO4/c31-28(32)18-25-24-17-22(34-21-11-5-2-6-12-21)15-16-26(24)30-29(25)23-13-7-8-14-27(23)33-19-20-9-3-1-4-10-20/h1-17,30H,18-19H2,(H,31,32). The van der Waals surface area contributed by atoms with Gasteiger partial charge in [-0.3, -0.25) is 4.79 Å². The fourth-order valence-electron chi connectivity index (χ4n) is 4.01. The van der Waals surface area contributed by atoms with E-state index < -0.39 is 5.97 Å². The molecule has 0 spiro atoms. The summed E-state index contributed by atoms with van der Waals surface area (Å²) < 4.78 is 12.1. The first kappa shape index (κ1) is 21.3. The molecule has 0 radical (unpaired) electrons. The number of ether oxygens (including phenoxy) is 2. The number of aliphatic carboxylic acids is 1. The van der Waals surface area contributed by atoms with Gasteiger partial charge in [0, 0.05) is 16.5 Å². The Balaban J connectivity index is 1.54. The molecular weight excluding hydrogens is 426 g/mol. The molecule has 1 heterocycles. The minimum Gasteiger partial charge on any atom is -0.488 e. The van der Waals surface area contributed by atoms with Crippen LogP contribution >= 0.6 is 0 Å². The van der Waals surface area contributed by atoms with Crippen LogP contribution in [0.25, 0.3) is 22.2 Å². The van der Waals surface area contributed by atoms with Crippen molar-refractivity contribution >= 4 is 16.9 Å². The molecule has 5 heteroatoms. The summed E-state index contributed by atoms with van der Waals surface area (Å²) in [6, 6.07) is 32.8. The summed E-state index contributed by atoms with van der Waals surface area (Å²) in [7, 11) is 0. The number of hydrogen-bond acceptors (Lipinski definition) is 3. The Morgan fingerprint density at radius 3 is 2.26 bits per heavy atom. The molecular formula is C29H23NO4. The van der Waals surface area contributed by atoms with Crippen LogP contribution in [0.15, 0.2) is 103 Å². The number of fused-ring (bicyclic) bond motifs is 1. The van der Waals surface area contributed by atoms with E-state index in [1.165, 1.54) is 0 Å². The van der Waals surface area contributed by atoms with Crippen LogP contribution in [0.5, 0.6) is 17.2 Å². The maximum Gasteiger partial charge on any atom is 0.307 e. The lowest BCUT2D eigenvalue weighted by Crippen LogP contribution is -2.02. The molecule has 0 atom stereocenters. The summed E-state index contributed by atoms with van der Waals surface area (Å²) >= 11 is 0. The fourth-order valence-corrected chi connectivity index (χ4v) is 4.01. The number of H-pyrrole nitrogens is 1. The highest BCUT2D eigenvalue weighted by Crippen LogP contribution is 2.38. The summed E-state index contributed by atoms with van der Waals surface area (Å²) in [5.41, 5.74) is 4.14. The van der Waals surface area contributed by atoms with Gasteiger partial charge in [0.25, 0.3) is 0 Å². The third kappa shape index (κ3) is 4.64. The molecule has 0 aliphatic rings. The van der Waals surface area contributed by atoms with Gasteiger partial charge in [-0.05, 0) is 53.6 Å². The number of aromatic nitrogens is 1. The Kier molecular flexibility index (Phi) is 5.99. The summed E-state index contributed by atoms with van der Waals surface area (Å²) in [4.78, 5) is 15.2. The van der Waals surface area contributed by atoms with E-state index in [2.05, 4.69) is 4.98 Å². The van der Waals surface area contributed by atoms with Gasteiger partial charge >= 0.3 is 5.97 Å². The smallest absolute Gasteiger partial charge is 0.307 e. The molecule has 0 amide bonds. The molecule has 0 saturated heterocycles. The van der Waals surface area contributed by atoms with Crippen LogP contribution in [0.2, 0.25) is 0 Å². The van der Waals surface area contributed by atoms with Crippen LogP contribution in [0.4, 0.5) is 0 Å². The van der Waals surface area contributed by atoms with Crippen molar-refractivity contribution < 1.29 is 19.4 Å². The van der Waals surface area contributed by atoms with Crippen molar-refractivity contribution in [3.8, 4) is 28.5 Å². The first-order chi connectivity index (χ1) is 16.7. The molecule has 0 bridgehead atoms. The predicted octanol–water partition coefficient (Wildman–Crippen LogP) is 6.83. The molecule has 168 valence electrons. The summed E-state index contributed by atoms with van der Waals surface area (Å²) in [5.74, 6) is 1.14. The highest BCUT2D eigenvalue weighted by Gasteiger charge is 2.19. The minimum absolute atomic E-state index is 0.128. The van der Waals surface area contributed by atoms with Crippen molar-refractivity contribution in [2.45, 2.75) is 13.0 Å². The Morgan fingerprint density at radius 2 is 1.50 bits per heavy atom. The number of aromatic amines is 1. The number of hydrogen-bond donors (Lipinski definition) is 2. The van der Waals surface area contributed by atoms with Gasteiger partial charge in [0.15, 0.2) is 0 Å². The van der Waals surface area contributed by atoms with E-state index in [0.717, 1.165) is 33.5 Å². The van der Waals surface area contributed by atoms with Crippen molar-refractivity contribution in [2.75, 3.05) is 0 Å². The molecule has 34 heavy (non-hydrogen) atoms. The molecule has 5 nitrogen and oxygen atoms in total. The molecule has 5 rings (SSSR count). The molecule has 0 aliphatic carbocycles. The first-order valence-electron chi connectivity index (χ1n) is 11.0. The monoisotopic (exact) mass is 449 g/mol. The SMILES string of the molecule is O=C(O)Cc1c(-c2ccccc2OCc2ccccc2)[nH]c2ccc(Oc3ccccc3)cc12. The molecule has 0 aliphatic heterocycles. The van der Waals surface area contributed by atoms with Crippen LogP contribution in [0.3, 0.4) is 0 Å². The molecule has 0 unspecified atom stereocenters. The normalized spacial score (nSPS) is 10.8. The van der Waals surface area contributed by atoms with Crippen LogP contribution in [0, 0.1) is 0 Å². The molecule has 2 N–H and O–H groups in total. The summed E-state index contributed by atoms with van der Waals surface area (Å²) in [5, 5.41) is 10.5. The number of benzene rings is 4. The lowest BCUT2D eigenvalue weighted by Gasteiger charge is -2.12. The summed E-state index contributed by atoms with van der Waals surface area (Å²) in [6.45, 7) is 0.418. The van der Waals surface area contributed by atoms with E-state index in [4.69, 9.17) is 9.47 Å². The first-order valence-corrected chi connectivity index (χ1v) is 11.0. The second kappa shape index (κ2) is 9.55. The molecule has 0 saturated carbocycles. The van der Waals surface area contributed by atoms with Crippen LogP contribution < -0.4 is 9.47 Å². The molecule has 4 aromatic carbocycles. The average molecular weight is 450 g/mol. The van der Waals surface area contributed by atoms with E-state index in [0.29, 0.717) is 23.7 Å². The Bertz CT molecular complexity index is 1430. The van der Waals surface area contributed by atoms with Crippen molar-refractivity contribution in [1.29, 1.82) is 0 Å². The van der Waals surface area contributed by atoms with Gasteiger partial charge in [0.2, 0.25) is 0 Å². The van der Waals surface area contributed by atoms with Crippen LogP contribution in [-0.4, -0.2) is 16.1 Å². The van der Waals surface area contributed by atoms with E-state index in [1.54, 1.807) is 0 Å². The minimum atomic E-state index is -0.904. The Labute approximate surface area is 197 Å². The maximum atomic E-state index is 11.8. The zero-order chi connectivity index (χ0) is 23.3. The van der Waals surface area contributed by atoms with Crippen LogP contribution in [0.1, 0.15) is 11.1 Å². The number of para-hydroxylation sites is 2. The van der Waals surface area contributed by atoms with Gasteiger partial charge in [-0.25, -0.2) is 0 Å². The van der Waals surface area contributed by atoms with Gasteiger partial charge in [-0.1, -0.05) is 60.7 Å². The number of nitrogens with one attached hydrogen (secondary N) is 1. The second-order valence-corrected chi connectivity index (χ2v) is 7.94. The van der Waals surface area contributed by atoms with Crippen molar-refractivity contribution in [3.05, 3.63) is 114 Å². The van der Waals surface area contributed by atoms with Gasteiger partial charge in [-0.15, -0.1) is 0 Å². The largest absolute Gasteiger partial charge is 0.488 e. The maximum absolute atomic E-state index is 11.8. The predicted molar refractivity (Wildman–Crippen MR) is 132 cm³/mol. The Morgan fingerprint density at radius 1 is 0.794 bits per heavy atom. The quantitative estimate of drug-likeness (QED) is 0.272. The molecule has 0 fully saturated rings. The number of rotatable bonds is 8.